The molecule has 0 radical (unpaired) electrons. The second-order valence-corrected chi connectivity index (χ2v) is 8.70. The first-order valence-electron chi connectivity index (χ1n) is 12.0. The van der Waals surface area contributed by atoms with Crippen molar-refractivity contribution in [2.24, 2.45) is 5.92 Å². The highest BCUT2D eigenvalue weighted by Crippen LogP contribution is 2.44. The Morgan fingerprint density at radius 2 is 1.71 bits per heavy atom. The molecule has 0 aliphatic heterocycles. The number of amides is 2. The lowest BCUT2D eigenvalue weighted by Crippen LogP contribution is -2.36. The number of terminal acetylenes is 1. The maximum absolute atomic E-state index is 12.4. The molecule has 0 saturated carbocycles. The Bertz CT molecular complexity index is 1050. The first-order chi connectivity index (χ1) is 16.9. The molecule has 0 bridgehead atoms. The summed E-state index contributed by atoms with van der Waals surface area (Å²) in [5, 5.41) is 11.8. The molecule has 2 aromatic carbocycles. The van der Waals surface area contributed by atoms with Crippen LogP contribution in [0.5, 0.6) is 0 Å². The summed E-state index contributed by atoms with van der Waals surface area (Å²) in [5.74, 6) is 1.19. The number of carboxylic acids is 1. The topological polar surface area (TPSA) is 95.9 Å². The Hall–Kier alpha value is -3.79. The highest BCUT2D eigenvalue weighted by molar-refractivity contribution is 5.81. The highest BCUT2D eigenvalue weighted by Gasteiger charge is 2.29. The Morgan fingerprint density at radius 3 is 2.29 bits per heavy atom. The van der Waals surface area contributed by atoms with Crippen LogP contribution in [0.25, 0.3) is 11.1 Å². The van der Waals surface area contributed by atoms with Crippen molar-refractivity contribution in [3.8, 4) is 23.5 Å². The van der Waals surface area contributed by atoms with Gasteiger partial charge in [0.15, 0.2) is 0 Å². The third kappa shape index (κ3) is 6.86. The van der Waals surface area contributed by atoms with Gasteiger partial charge in [-0.25, -0.2) is 4.79 Å². The molecule has 1 aliphatic rings. The van der Waals surface area contributed by atoms with Crippen LogP contribution in [0.2, 0.25) is 0 Å². The van der Waals surface area contributed by atoms with Crippen molar-refractivity contribution < 1.29 is 24.2 Å². The number of rotatable bonds is 12. The largest absolute Gasteiger partial charge is 0.480 e. The number of carboxylic acid groups (broad SMARTS) is 1. The lowest BCUT2D eigenvalue weighted by molar-refractivity contribution is -0.144. The third-order valence-electron chi connectivity index (χ3n) is 6.47. The molecule has 0 fully saturated rings. The first-order valence-corrected chi connectivity index (χ1v) is 12.0. The Labute approximate surface area is 206 Å². The van der Waals surface area contributed by atoms with Crippen LogP contribution >= 0.6 is 0 Å². The van der Waals surface area contributed by atoms with Gasteiger partial charge < -0.3 is 20.1 Å². The molecule has 1 aliphatic carbocycles. The molecule has 184 valence electrons. The predicted octanol–water partition coefficient (Wildman–Crippen LogP) is 4.27. The molecular weight excluding hydrogens is 444 g/mol. The predicted molar refractivity (Wildman–Crippen MR) is 134 cm³/mol. The standard InChI is InChI=1S/C28H32N2O5/c1-3-17-30(18-27(32)33)26(31)14-13-20(4-2)15-16-29-28(34)35-19-25-23-11-7-5-9-21(23)22-10-6-8-12-24(22)25/h1,5-12,20,25H,4,13-19H2,2H3,(H,29,34)(H,32,33). The summed E-state index contributed by atoms with van der Waals surface area (Å²) in [5.41, 5.74) is 4.70. The average Bonchev–Trinajstić information content (AvgIpc) is 3.17. The van der Waals surface area contributed by atoms with Crippen molar-refractivity contribution in [3.63, 3.8) is 0 Å². The van der Waals surface area contributed by atoms with E-state index < -0.39 is 18.6 Å². The molecule has 0 saturated heterocycles. The summed E-state index contributed by atoms with van der Waals surface area (Å²) in [7, 11) is 0. The van der Waals surface area contributed by atoms with E-state index in [1.807, 2.05) is 31.2 Å². The maximum Gasteiger partial charge on any atom is 0.407 e. The highest BCUT2D eigenvalue weighted by atomic mass is 16.5. The molecule has 2 aromatic rings. The van der Waals surface area contributed by atoms with Crippen molar-refractivity contribution in [1.29, 1.82) is 0 Å². The molecule has 2 N–H and O–H groups in total. The van der Waals surface area contributed by atoms with Gasteiger partial charge in [0.2, 0.25) is 5.91 Å². The lowest BCUT2D eigenvalue weighted by atomic mass is 9.96. The minimum atomic E-state index is -1.09. The van der Waals surface area contributed by atoms with E-state index in [1.54, 1.807) is 0 Å². The van der Waals surface area contributed by atoms with E-state index in [0.29, 0.717) is 19.4 Å². The van der Waals surface area contributed by atoms with E-state index in [4.69, 9.17) is 16.3 Å². The van der Waals surface area contributed by atoms with Crippen LogP contribution in [-0.2, 0) is 14.3 Å². The molecule has 2 amide bonds. The van der Waals surface area contributed by atoms with Crippen LogP contribution in [0.1, 0.15) is 49.7 Å². The number of benzene rings is 2. The number of aliphatic carboxylic acids is 1. The zero-order valence-corrected chi connectivity index (χ0v) is 20.0. The zero-order valence-electron chi connectivity index (χ0n) is 20.0. The number of hydrogen-bond donors (Lipinski definition) is 2. The number of carbonyl (C=O) groups excluding carboxylic acids is 2. The molecule has 35 heavy (non-hydrogen) atoms. The van der Waals surface area contributed by atoms with Crippen LogP contribution in [0.15, 0.2) is 48.5 Å². The molecular formula is C28H32N2O5. The van der Waals surface area contributed by atoms with Crippen LogP contribution < -0.4 is 5.32 Å². The Kier molecular flexibility index (Phi) is 9.31. The Balaban J connectivity index is 1.43. The van der Waals surface area contributed by atoms with Crippen molar-refractivity contribution in [2.75, 3.05) is 26.2 Å². The lowest BCUT2D eigenvalue weighted by Gasteiger charge is -2.20. The van der Waals surface area contributed by atoms with E-state index in [-0.39, 0.29) is 37.3 Å². The van der Waals surface area contributed by atoms with Gasteiger partial charge in [0.25, 0.3) is 0 Å². The fourth-order valence-electron chi connectivity index (χ4n) is 4.57. The molecule has 0 aromatic heterocycles. The summed E-state index contributed by atoms with van der Waals surface area (Å²) in [4.78, 5) is 36.8. The normalized spacial score (nSPS) is 12.7. The summed E-state index contributed by atoms with van der Waals surface area (Å²) >= 11 is 0. The van der Waals surface area contributed by atoms with Gasteiger partial charge in [-0.2, -0.15) is 0 Å². The van der Waals surface area contributed by atoms with E-state index in [9.17, 15) is 14.4 Å². The van der Waals surface area contributed by atoms with Crippen molar-refractivity contribution in [3.05, 3.63) is 59.7 Å². The minimum Gasteiger partial charge on any atom is -0.480 e. The summed E-state index contributed by atoms with van der Waals surface area (Å²) in [6.45, 7) is 2.31. The van der Waals surface area contributed by atoms with Gasteiger partial charge >= 0.3 is 12.1 Å². The van der Waals surface area contributed by atoms with Gasteiger partial charge in [0.05, 0.1) is 6.54 Å². The summed E-state index contributed by atoms with van der Waals surface area (Å²) in [6, 6.07) is 16.4. The van der Waals surface area contributed by atoms with Gasteiger partial charge in [-0.3, -0.25) is 9.59 Å². The van der Waals surface area contributed by atoms with Crippen molar-refractivity contribution >= 4 is 18.0 Å². The van der Waals surface area contributed by atoms with Crippen LogP contribution in [0.3, 0.4) is 0 Å². The quantitative estimate of drug-likeness (QED) is 0.446. The fraction of sp³-hybridized carbons (Fsp3) is 0.393. The number of nitrogens with one attached hydrogen (secondary N) is 1. The van der Waals surface area contributed by atoms with Crippen molar-refractivity contribution in [1.82, 2.24) is 10.2 Å². The van der Waals surface area contributed by atoms with Crippen LogP contribution in [-0.4, -0.2) is 54.2 Å². The van der Waals surface area contributed by atoms with Gasteiger partial charge in [0, 0.05) is 18.9 Å². The number of hydrogen-bond acceptors (Lipinski definition) is 4. The molecule has 1 atom stereocenters. The van der Waals surface area contributed by atoms with E-state index in [0.717, 1.165) is 6.42 Å². The molecule has 0 heterocycles. The number of ether oxygens (including phenoxy) is 1. The number of nitrogens with zero attached hydrogens (tertiary/aromatic N) is 1. The van der Waals surface area contributed by atoms with E-state index in [1.165, 1.54) is 27.2 Å². The molecule has 1 unspecified atom stereocenters. The van der Waals surface area contributed by atoms with Gasteiger partial charge in [-0.15, -0.1) is 6.42 Å². The SMILES string of the molecule is C#CCN(CC(=O)O)C(=O)CCC(CC)CCNC(=O)OCC1c2ccccc2-c2ccccc21. The van der Waals surface area contributed by atoms with Crippen LogP contribution in [0, 0.1) is 18.3 Å². The number of alkyl carbamates (subject to hydrolysis) is 1. The average molecular weight is 477 g/mol. The smallest absolute Gasteiger partial charge is 0.407 e. The number of carbonyl (C=O) groups is 3. The molecule has 7 heteroatoms. The Morgan fingerprint density at radius 1 is 1.09 bits per heavy atom. The second-order valence-electron chi connectivity index (χ2n) is 8.70. The minimum absolute atomic E-state index is 0.0133. The molecule has 7 nitrogen and oxygen atoms in total. The second kappa shape index (κ2) is 12.6. The van der Waals surface area contributed by atoms with Gasteiger partial charge in [-0.1, -0.05) is 67.8 Å². The van der Waals surface area contributed by atoms with Gasteiger partial charge in [0.1, 0.15) is 13.2 Å². The van der Waals surface area contributed by atoms with E-state index in [2.05, 4.69) is 35.5 Å². The first kappa shape index (κ1) is 25.8. The molecule has 3 rings (SSSR count). The zero-order chi connectivity index (χ0) is 25.2. The van der Waals surface area contributed by atoms with E-state index >= 15 is 0 Å². The molecule has 0 spiro atoms. The fourth-order valence-corrected chi connectivity index (χ4v) is 4.57. The summed E-state index contributed by atoms with van der Waals surface area (Å²) < 4.78 is 5.56. The van der Waals surface area contributed by atoms with Crippen molar-refractivity contribution in [2.45, 2.75) is 38.5 Å². The van der Waals surface area contributed by atoms with Gasteiger partial charge in [-0.05, 0) is 41.0 Å². The summed E-state index contributed by atoms with van der Waals surface area (Å²) in [6.07, 6.45) is 7.14. The number of fused-ring (bicyclic) bond motifs is 3. The van der Waals surface area contributed by atoms with Crippen LogP contribution in [0.4, 0.5) is 4.79 Å². The maximum atomic E-state index is 12.4. The monoisotopic (exact) mass is 476 g/mol. The third-order valence-corrected chi connectivity index (χ3v) is 6.47.